The molecule has 2 fully saturated rings. The SMILES string of the molecule is COCC1(C)[C@@H]2CNC[C@@H]21.Cl. The number of methoxy groups -OCH3 is 1. The zero-order chi connectivity index (χ0) is 7.19. The molecule has 3 atom stereocenters. The highest BCUT2D eigenvalue weighted by atomic mass is 35.5. The highest BCUT2D eigenvalue weighted by Crippen LogP contribution is 2.60. The maximum Gasteiger partial charge on any atom is 0.0522 e. The summed E-state index contributed by atoms with van der Waals surface area (Å²) in [5.41, 5.74) is 0.528. The van der Waals surface area contributed by atoms with Gasteiger partial charge in [0.25, 0.3) is 0 Å². The van der Waals surface area contributed by atoms with Gasteiger partial charge in [-0.05, 0) is 30.3 Å². The van der Waals surface area contributed by atoms with Gasteiger partial charge in [-0.3, -0.25) is 0 Å². The van der Waals surface area contributed by atoms with Crippen molar-refractivity contribution in [2.45, 2.75) is 6.92 Å². The van der Waals surface area contributed by atoms with E-state index in [0.29, 0.717) is 5.41 Å². The molecule has 1 unspecified atom stereocenters. The number of hydrogen-bond acceptors (Lipinski definition) is 2. The highest BCUT2D eigenvalue weighted by Gasteiger charge is 2.62. The molecule has 2 nitrogen and oxygen atoms in total. The van der Waals surface area contributed by atoms with Crippen molar-refractivity contribution in [2.24, 2.45) is 17.3 Å². The van der Waals surface area contributed by atoms with Crippen molar-refractivity contribution in [1.29, 1.82) is 0 Å². The number of piperidine rings is 1. The Bertz CT molecular complexity index is 141. The van der Waals surface area contributed by atoms with Gasteiger partial charge in [0.1, 0.15) is 0 Å². The molecule has 0 bridgehead atoms. The van der Waals surface area contributed by atoms with Gasteiger partial charge in [0.05, 0.1) is 6.61 Å². The second-order valence-electron chi connectivity index (χ2n) is 3.81. The Hall–Kier alpha value is 0.210. The zero-order valence-electron chi connectivity index (χ0n) is 7.09. The molecular formula is C8H16ClNO. The summed E-state index contributed by atoms with van der Waals surface area (Å²) < 4.78 is 5.18. The van der Waals surface area contributed by atoms with E-state index in [1.165, 1.54) is 13.1 Å². The fourth-order valence-electron chi connectivity index (χ4n) is 2.43. The van der Waals surface area contributed by atoms with Crippen LogP contribution in [0.3, 0.4) is 0 Å². The van der Waals surface area contributed by atoms with E-state index in [9.17, 15) is 0 Å². The van der Waals surface area contributed by atoms with Gasteiger partial charge in [-0.15, -0.1) is 12.4 Å². The lowest BCUT2D eigenvalue weighted by Crippen LogP contribution is -2.23. The number of hydrogen-bond donors (Lipinski definition) is 1. The minimum atomic E-state index is 0. The average Bonchev–Trinajstić information content (AvgIpc) is 2.30. The lowest BCUT2D eigenvalue weighted by molar-refractivity contribution is 0.131. The van der Waals surface area contributed by atoms with Crippen LogP contribution in [0.5, 0.6) is 0 Å². The maximum atomic E-state index is 5.18. The molecule has 0 aromatic carbocycles. The first kappa shape index (κ1) is 9.30. The Kier molecular flexibility index (Phi) is 2.47. The van der Waals surface area contributed by atoms with Crippen LogP contribution in [-0.4, -0.2) is 26.8 Å². The summed E-state index contributed by atoms with van der Waals surface area (Å²) in [4.78, 5) is 0. The van der Waals surface area contributed by atoms with Crippen molar-refractivity contribution in [2.75, 3.05) is 26.8 Å². The van der Waals surface area contributed by atoms with E-state index in [1.54, 1.807) is 7.11 Å². The predicted octanol–water partition coefficient (Wildman–Crippen LogP) is 0.910. The van der Waals surface area contributed by atoms with Crippen LogP contribution in [0.1, 0.15) is 6.92 Å². The van der Waals surface area contributed by atoms with Crippen LogP contribution < -0.4 is 5.32 Å². The van der Waals surface area contributed by atoms with E-state index < -0.39 is 0 Å². The van der Waals surface area contributed by atoms with Gasteiger partial charge in [-0.2, -0.15) is 0 Å². The molecule has 0 aromatic heterocycles. The van der Waals surface area contributed by atoms with Gasteiger partial charge in [0.2, 0.25) is 0 Å². The Balaban J connectivity index is 0.000000605. The van der Waals surface area contributed by atoms with Crippen LogP contribution in [-0.2, 0) is 4.74 Å². The van der Waals surface area contributed by atoms with Crippen molar-refractivity contribution in [1.82, 2.24) is 5.32 Å². The molecule has 66 valence electrons. The first-order valence-corrected chi connectivity index (χ1v) is 3.98. The molecule has 1 aliphatic carbocycles. The molecule has 11 heavy (non-hydrogen) atoms. The fourth-order valence-corrected chi connectivity index (χ4v) is 2.43. The van der Waals surface area contributed by atoms with E-state index in [0.717, 1.165) is 18.4 Å². The van der Waals surface area contributed by atoms with E-state index in [1.807, 2.05) is 0 Å². The molecule has 1 N–H and O–H groups in total. The lowest BCUT2D eigenvalue weighted by atomic mass is 10.1. The molecular weight excluding hydrogens is 162 g/mol. The summed E-state index contributed by atoms with van der Waals surface area (Å²) >= 11 is 0. The Morgan fingerprint density at radius 3 is 2.45 bits per heavy atom. The van der Waals surface area contributed by atoms with E-state index in [2.05, 4.69) is 12.2 Å². The predicted molar refractivity (Wildman–Crippen MR) is 47.1 cm³/mol. The molecule has 1 heterocycles. The smallest absolute Gasteiger partial charge is 0.0522 e. The third-order valence-corrected chi connectivity index (χ3v) is 3.25. The molecule has 1 saturated heterocycles. The number of ether oxygens (including phenoxy) is 1. The van der Waals surface area contributed by atoms with E-state index >= 15 is 0 Å². The molecule has 0 radical (unpaired) electrons. The molecule has 0 spiro atoms. The Morgan fingerprint density at radius 1 is 1.45 bits per heavy atom. The van der Waals surface area contributed by atoms with Crippen LogP contribution in [0, 0.1) is 17.3 Å². The fraction of sp³-hybridized carbons (Fsp3) is 1.00. The number of rotatable bonds is 2. The maximum absolute atomic E-state index is 5.18. The number of halogens is 1. The van der Waals surface area contributed by atoms with Crippen LogP contribution in [0.4, 0.5) is 0 Å². The third kappa shape index (κ3) is 1.17. The third-order valence-electron chi connectivity index (χ3n) is 3.25. The average molecular weight is 178 g/mol. The molecule has 3 heteroatoms. The summed E-state index contributed by atoms with van der Waals surface area (Å²) in [7, 11) is 1.80. The topological polar surface area (TPSA) is 21.3 Å². The largest absolute Gasteiger partial charge is 0.384 e. The van der Waals surface area contributed by atoms with Crippen LogP contribution in [0.15, 0.2) is 0 Å². The minimum absolute atomic E-state index is 0. The summed E-state index contributed by atoms with van der Waals surface area (Å²) in [6, 6.07) is 0. The molecule has 0 amide bonds. The van der Waals surface area contributed by atoms with Gasteiger partial charge in [-0.1, -0.05) is 6.92 Å². The van der Waals surface area contributed by atoms with Gasteiger partial charge in [0, 0.05) is 7.11 Å². The first-order valence-electron chi connectivity index (χ1n) is 3.98. The summed E-state index contributed by atoms with van der Waals surface area (Å²) in [5.74, 6) is 1.82. The second-order valence-corrected chi connectivity index (χ2v) is 3.81. The van der Waals surface area contributed by atoms with E-state index in [4.69, 9.17) is 4.74 Å². The Morgan fingerprint density at radius 2 is 2.00 bits per heavy atom. The lowest BCUT2D eigenvalue weighted by Gasteiger charge is -2.13. The number of fused-ring (bicyclic) bond motifs is 1. The highest BCUT2D eigenvalue weighted by molar-refractivity contribution is 5.85. The van der Waals surface area contributed by atoms with Gasteiger partial charge < -0.3 is 10.1 Å². The van der Waals surface area contributed by atoms with Crippen LogP contribution in [0.25, 0.3) is 0 Å². The summed E-state index contributed by atoms with van der Waals surface area (Å²) in [6.07, 6.45) is 0. The van der Waals surface area contributed by atoms with Crippen molar-refractivity contribution in [3.8, 4) is 0 Å². The summed E-state index contributed by atoms with van der Waals surface area (Å²) in [5, 5.41) is 3.38. The first-order chi connectivity index (χ1) is 4.79. The quantitative estimate of drug-likeness (QED) is 0.677. The molecule has 1 saturated carbocycles. The molecule has 2 aliphatic rings. The zero-order valence-corrected chi connectivity index (χ0v) is 7.91. The van der Waals surface area contributed by atoms with Gasteiger partial charge in [0.15, 0.2) is 0 Å². The standard InChI is InChI=1S/C8H15NO.ClH/c1-8(5-10-2)6-3-9-4-7(6)8;/h6-7,9H,3-5H2,1-2H3;1H/t6-,7+,8?;. The van der Waals surface area contributed by atoms with Crippen molar-refractivity contribution < 1.29 is 4.74 Å². The van der Waals surface area contributed by atoms with Gasteiger partial charge in [-0.25, -0.2) is 0 Å². The van der Waals surface area contributed by atoms with Crippen molar-refractivity contribution >= 4 is 12.4 Å². The van der Waals surface area contributed by atoms with E-state index in [-0.39, 0.29) is 12.4 Å². The second kappa shape index (κ2) is 2.92. The Labute approximate surface area is 74.1 Å². The molecule has 2 rings (SSSR count). The number of nitrogens with one attached hydrogen (secondary N) is 1. The van der Waals surface area contributed by atoms with Crippen molar-refractivity contribution in [3.05, 3.63) is 0 Å². The van der Waals surface area contributed by atoms with Gasteiger partial charge >= 0.3 is 0 Å². The molecule has 1 aliphatic heterocycles. The van der Waals surface area contributed by atoms with Crippen LogP contribution in [0.2, 0.25) is 0 Å². The molecule has 0 aromatic rings. The van der Waals surface area contributed by atoms with Crippen LogP contribution >= 0.6 is 12.4 Å². The minimum Gasteiger partial charge on any atom is -0.384 e. The van der Waals surface area contributed by atoms with Crippen molar-refractivity contribution in [3.63, 3.8) is 0 Å². The monoisotopic (exact) mass is 177 g/mol. The normalized spacial score (nSPS) is 46.4. The summed E-state index contributed by atoms with van der Waals surface area (Å²) in [6.45, 7) is 5.71.